The van der Waals surface area contributed by atoms with Crippen molar-refractivity contribution in [3.8, 4) is 6.07 Å². The maximum Gasteiger partial charge on any atom is 0.416 e. The van der Waals surface area contributed by atoms with Gasteiger partial charge in [0.2, 0.25) is 11.8 Å². The summed E-state index contributed by atoms with van der Waals surface area (Å²) in [4.78, 5) is 13.3. The Balaban J connectivity index is 1.46. The number of benzene rings is 2. The van der Waals surface area contributed by atoms with E-state index in [2.05, 4.69) is 25.6 Å². The molecule has 7 nitrogen and oxygen atoms in total. The molecule has 39 heavy (non-hydrogen) atoms. The van der Waals surface area contributed by atoms with E-state index in [9.17, 15) is 22.8 Å². The SMILES string of the molecule is N#Cc1nc(NCCC2CCC2)c2c(n1)nc(NCCc1ccc(F)cc1)n2Cc1ccc(C(F)(F)F)cc1. The van der Waals surface area contributed by atoms with Crippen LogP contribution in [0.15, 0.2) is 48.5 Å². The van der Waals surface area contributed by atoms with E-state index in [4.69, 9.17) is 0 Å². The highest BCUT2D eigenvalue weighted by Gasteiger charge is 2.30. The number of aromatic nitrogens is 4. The molecular formula is C28H27F4N7. The highest BCUT2D eigenvalue weighted by atomic mass is 19.4. The first-order valence-electron chi connectivity index (χ1n) is 12.9. The lowest BCUT2D eigenvalue weighted by atomic mass is 9.83. The number of nitrogens with zero attached hydrogens (tertiary/aromatic N) is 5. The minimum absolute atomic E-state index is 0.0225. The third-order valence-corrected chi connectivity index (χ3v) is 7.00. The summed E-state index contributed by atoms with van der Waals surface area (Å²) in [5.41, 5.74) is 1.71. The molecule has 0 bridgehead atoms. The topological polar surface area (TPSA) is 91.5 Å². The third-order valence-electron chi connectivity index (χ3n) is 7.00. The number of imidazole rings is 1. The van der Waals surface area contributed by atoms with Crippen molar-refractivity contribution in [2.75, 3.05) is 23.7 Å². The minimum atomic E-state index is -4.42. The van der Waals surface area contributed by atoms with E-state index in [-0.39, 0.29) is 18.2 Å². The summed E-state index contributed by atoms with van der Waals surface area (Å²) in [5, 5.41) is 16.1. The largest absolute Gasteiger partial charge is 0.416 e. The van der Waals surface area contributed by atoms with E-state index >= 15 is 0 Å². The van der Waals surface area contributed by atoms with E-state index in [1.807, 2.05) is 10.6 Å². The average molecular weight is 538 g/mol. The molecule has 4 aromatic rings. The normalized spacial score (nSPS) is 13.7. The van der Waals surface area contributed by atoms with Gasteiger partial charge < -0.3 is 15.2 Å². The maximum atomic E-state index is 13.3. The number of alkyl halides is 3. The second-order valence-corrected chi connectivity index (χ2v) is 9.71. The smallest absolute Gasteiger partial charge is 0.368 e. The van der Waals surface area contributed by atoms with Gasteiger partial charge in [-0.25, -0.2) is 4.39 Å². The van der Waals surface area contributed by atoms with Gasteiger partial charge in [-0.1, -0.05) is 43.5 Å². The van der Waals surface area contributed by atoms with Crippen molar-refractivity contribution in [3.05, 3.63) is 76.9 Å². The van der Waals surface area contributed by atoms with E-state index in [1.165, 1.54) is 43.5 Å². The zero-order chi connectivity index (χ0) is 27.4. The molecule has 5 rings (SSSR count). The quantitative estimate of drug-likeness (QED) is 0.236. The summed E-state index contributed by atoms with van der Waals surface area (Å²) in [6.45, 7) is 1.34. The Kier molecular flexibility index (Phi) is 7.63. The van der Waals surface area contributed by atoms with Gasteiger partial charge in [0.05, 0.1) is 12.1 Å². The van der Waals surface area contributed by atoms with Gasteiger partial charge in [-0.3, -0.25) is 0 Å². The second kappa shape index (κ2) is 11.3. The third kappa shape index (κ3) is 6.28. The Morgan fingerprint density at radius 3 is 2.28 bits per heavy atom. The molecule has 0 radical (unpaired) electrons. The Bertz CT molecular complexity index is 1470. The zero-order valence-electron chi connectivity index (χ0n) is 21.1. The van der Waals surface area contributed by atoms with Crippen LogP contribution < -0.4 is 10.6 Å². The summed E-state index contributed by atoms with van der Waals surface area (Å²) in [7, 11) is 0. The molecule has 202 valence electrons. The highest BCUT2D eigenvalue weighted by Crippen LogP contribution is 2.32. The monoisotopic (exact) mass is 537 g/mol. The number of hydrogen-bond donors (Lipinski definition) is 2. The van der Waals surface area contributed by atoms with E-state index in [0.29, 0.717) is 53.9 Å². The summed E-state index contributed by atoms with van der Waals surface area (Å²) < 4.78 is 54.4. The Hall–Kier alpha value is -4.20. The molecule has 0 aliphatic heterocycles. The fraction of sp³-hybridized carbons (Fsp3) is 0.357. The van der Waals surface area contributed by atoms with Crippen molar-refractivity contribution < 1.29 is 17.6 Å². The molecule has 0 atom stereocenters. The number of anilines is 2. The number of hydrogen-bond acceptors (Lipinski definition) is 6. The lowest BCUT2D eigenvalue weighted by Crippen LogP contribution is -2.17. The van der Waals surface area contributed by atoms with Gasteiger partial charge in [0, 0.05) is 13.1 Å². The Labute approximate surface area is 222 Å². The van der Waals surface area contributed by atoms with Crippen molar-refractivity contribution in [3.63, 3.8) is 0 Å². The lowest BCUT2D eigenvalue weighted by molar-refractivity contribution is -0.137. The van der Waals surface area contributed by atoms with Crippen LogP contribution in [0.1, 0.15) is 48.2 Å². The van der Waals surface area contributed by atoms with Crippen molar-refractivity contribution in [1.82, 2.24) is 19.5 Å². The highest BCUT2D eigenvalue weighted by molar-refractivity contribution is 5.86. The summed E-state index contributed by atoms with van der Waals surface area (Å²) in [6.07, 6.45) is 0.797. The van der Waals surface area contributed by atoms with Crippen molar-refractivity contribution in [1.29, 1.82) is 5.26 Å². The van der Waals surface area contributed by atoms with Crippen molar-refractivity contribution >= 4 is 22.9 Å². The van der Waals surface area contributed by atoms with Crippen LogP contribution in [-0.2, 0) is 19.1 Å². The zero-order valence-corrected chi connectivity index (χ0v) is 21.1. The molecular weight excluding hydrogens is 510 g/mol. The summed E-state index contributed by atoms with van der Waals surface area (Å²) in [5.74, 6) is 1.24. The van der Waals surface area contributed by atoms with Crippen molar-refractivity contribution in [2.24, 2.45) is 5.92 Å². The predicted octanol–water partition coefficient (Wildman–Crippen LogP) is 6.16. The first-order chi connectivity index (χ1) is 18.8. The van der Waals surface area contributed by atoms with Crippen molar-refractivity contribution in [2.45, 2.75) is 44.8 Å². The van der Waals surface area contributed by atoms with Crippen LogP contribution in [0.2, 0.25) is 0 Å². The number of rotatable bonds is 10. The predicted molar refractivity (Wildman–Crippen MR) is 140 cm³/mol. The van der Waals surface area contributed by atoms with E-state index in [0.717, 1.165) is 24.1 Å². The summed E-state index contributed by atoms with van der Waals surface area (Å²) >= 11 is 0. The number of nitriles is 1. The molecule has 1 aliphatic rings. The standard InChI is InChI=1S/C28H27F4N7/c29-22-10-6-19(7-11-22)13-15-35-27-38-26-24(39(27)17-20-4-8-21(9-5-20)28(30,31)32)25(36-23(16-33)37-26)34-14-12-18-2-1-3-18/h4-11,18H,1-3,12-15,17H2,(H2,34,35,36,37,38). The van der Waals surface area contributed by atoms with Crippen LogP contribution in [0.25, 0.3) is 11.2 Å². The molecule has 11 heteroatoms. The van der Waals surface area contributed by atoms with E-state index < -0.39 is 11.7 Å². The fourth-order valence-corrected chi connectivity index (χ4v) is 4.63. The van der Waals surface area contributed by atoms with Crippen LogP contribution in [0, 0.1) is 23.1 Å². The van der Waals surface area contributed by atoms with Gasteiger partial charge in [-0.05, 0) is 54.2 Å². The van der Waals surface area contributed by atoms with Crippen LogP contribution in [0.5, 0.6) is 0 Å². The molecule has 0 amide bonds. The van der Waals surface area contributed by atoms with Gasteiger partial charge in [-0.15, -0.1) is 0 Å². The van der Waals surface area contributed by atoms with Gasteiger partial charge in [0.1, 0.15) is 17.4 Å². The number of fused-ring (bicyclic) bond motifs is 1. The molecule has 0 spiro atoms. The first kappa shape index (κ1) is 26.4. The Morgan fingerprint density at radius 1 is 0.923 bits per heavy atom. The molecule has 0 saturated heterocycles. The molecule has 2 aromatic heterocycles. The van der Waals surface area contributed by atoms with Crippen LogP contribution in [0.3, 0.4) is 0 Å². The summed E-state index contributed by atoms with van der Waals surface area (Å²) in [6, 6.07) is 13.2. The molecule has 2 heterocycles. The fourth-order valence-electron chi connectivity index (χ4n) is 4.63. The number of nitrogens with one attached hydrogen (secondary N) is 2. The van der Waals surface area contributed by atoms with Crippen LogP contribution in [-0.4, -0.2) is 32.6 Å². The van der Waals surface area contributed by atoms with Gasteiger partial charge in [0.25, 0.3) is 0 Å². The minimum Gasteiger partial charge on any atom is -0.368 e. The van der Waals surface area contributed by atoms with Crippen LogP contribution >= 0.6 is 0 Å². The molecule has 0 unspecified atom stereocenters. The lowest BCUT2D eigenvalue weighted by Gasteiger charge is -2.25. The Morgan fingerprint density at radius 2 is 1.64 bits per heavy atom. The molecule has 1 aliphatic carbocycles. The van der Waals surface area contributed by atoms with Gasteiger partial charge >= 0.3 is 6.18 Å². The van der Waals surface area contributed by atoms with E-state index in [1.54, 1.807) is 12.1 Å². The molecule has 2 N–H and O–H groups in total. The maximum absolute atomic E-state index is 13.3. The molecule has 2 aromatic carbocycles. The molecule has 1 fully saturated rings. The first-order valence-corrected chi connectivity index (χ1v) is 12.9. The average Bonchev–Trinajstić information content (AvgIpc) is 3.23. The second-order valence-electron chi connectivity index (χ2n) is 9.71. The van der Waals surface area contributed by atoms with Gasteiger partial charge in [0.15, 0.2) is 11.5 Å². The van der Waals surface area contributed by atoms with Crippen LogP contribution in [0.4, 0.5) is 29.3 Å². The molecule has 1 saturated carbocycles. The van der Waals surface area contributed by atoms with Gasteiger partial charge in [-0.2, -0.15) is 33.4 Å². The number of halogens is 4.